The van der Waals surface area contributed by atoms with E-state index in [1.165, 1.54) is 0 Å². The van der Waals surface area contributed by atoms with Gasteiger partial charge >= 0.3 is 0 Å². The molecule has 29 heavy (non-hydrogen) atoms. The third-order valence-corrected chi connectivity index (χ3v) is 4.87. The number of hydrogen-bond acceptors (Lipinski definition) is 4. The van der Waals surface area contributed by atoms with Crippen LogP contribution >= 0.6 is 0 Å². The molecule has 5 nitrogen and oxygen atoms in total. The van der Waals surface area contributed by atoms with Gasteiger partial charge in [0.25, 0.3) is 0 Å². The van der Waals surface area contributed by atoms with Gasteiger partial charge in [-0.2, -0.15) is 0 Å². The Kier molecular flexibility index (Phi) is 4.54. The summed E-state index contributed by atoms with van der Waals surface area (Å²) in [6.07, 6.45) is 4.87. The largest absolute Gasteiger partial charge is 0.395 e. The SMILES string of the molecule is c1ccc(N(c2cccc(-n3cccc3)c2)c2cccc(C3=NOCC3)n2)cc1. The Morgan fingerprint density at radius 2 is 1.59 bits per heavy atom. The number of rotatable bonds is 5. The molecule has 0 amide bonds. The summed E-state index contributed by atoms with van der Waals surface area (Å²) in [5.41, 5.74) is 4.92. The zero-order valence-corrected chi connectivity index (χ0v) is 15.8. The number of nitrogens with zero attached hydrogens (tertiary/aromatic N) is 4. The van der Waals surface area contributed by atoms with E-state index in [9.17, 15) is 0 Å². The molecule has 1 aliphatic heterocycles. The molecule has 5 heteroatoms. The van der Waals surface area contributed by atoms with E-state index in [1.807, 2.05) is 60.9 Å². The van der Waals surface area contributed by atoms with Crippen LogP contribution in [0.4, 0.5) is 17.2 Å². The van der Waals surface area contributed by atoms with E-state index < -0.39 is 0 Å². The Morgan fingerprint density at radius 1 is 0.793 bits per heavy atom. The summed E-state index contributed by atoms with van der Waals surface area (Å²) >= 11 is 0. The fourth-order valence-corrected chi connectivity index (χ4v) is 3.48. The molecule has 2 aromatic carbocycles. The average molecular weight is 380 g/mol. The maximum Gasteiger partial charge on any atom is 0.138 e. The molecule has 0 saturated carbocycles. The van der Waals surface area contributed by atoms with E-state index in [0.717, 1.165) is 40.7 Å². The molecule has 0 spiro atoms. The molecule has 2 aromatic heterocycles. The van der Waals surface area contributed by atoms with Crippen molar-refractivity contribution in [2.24, 2.45) is 5.16 Å². The summed E-state index contributed by atoms with van der Waals surface area (Å²) in [4.78, 5) is 12.2. The molecule has 0 saturated heterocycles. The summed E-state index contributed by atoms with van der Waals surface area (Å²) in [5.74, 6) is 0.841. The first-order valence-corrected chi connectivity index (χ1v) is 9.63. The number of pyridine rings is 1. The van der Waals surface area contributed by atoms with Gasteiger partial charge in [-0.05, 0) is 54.6 Å². The second kappa shape index (κ2) is 7.64. The highest BCUT2D eigenvalue weighted by Crippen LogP contribution is 2.34. The first-order chi connectivity index (χ1) is 14.4. The van der Waals surface area contributed by atoms with E-state index in [1.54, 1.807) is 0 Å². The second-order valence-electron chi connectivity index (χ2n) is 6.78. The second-order valence-corrected chi connectivity index (χ2v) is 6.78. The van der Waals surface area contributed by atoms with Crippen LogP contribution in [0.25, 0.3) is 5.69 Å². The van der Waals surface area contributed by atoms with Gasteiger partial charge in [0.2, 0.25) is 0 Å². The monoisotopic (exact) mass is 380 g/mol. The molecule has 5 rings (SSSR count). The van der Waals surface area contributed by atoms with Crippen LogP contribution in [-0.4, -0.2) is 21.9 Å². The van der Waals surface area contributed by atoms with Crippen LogP contribution in [0.15, 0.2) is 102 Å². The lowest BCUT2D eigenvalue weighted by Gasteiger charge is -2.25. The third-order valence-electron chi connectivity index (χ3n) is 4.87. The van der Waals surface area contributed by atoms with Gasteiger partial charge in [-0.25, -0.2) is 4.98 Å². The summed E-state index contributed by atoms with van der Waals surface area (Å²) in [6.45, 7) is 0.614. The number of aromatic nitrogens is 2. The van der Waals surface area contributed by atoms with Crippen molar-refractivity contribution in [2.75, 3.05) is 11.5 Å². The lowest BCUT2D eigenvalue weighted by molar-refractivity contribution is 0.174. The minimum absolute atomic E-state index is 0.614. The highest BCUT2D eigenvalue weighted by molar-refractivity contribution is 5.99. The summed E-state index contributed by atoms with van der Waals surface area (Å²) in [6, 6.07) is 28.8. The Balaban J connectivity index is 1.62. The number of hydrogen-bond donors (Lipinski definition) is 0. The van der Waals surface area contributed by atoms with Gasteiger partial charge in [0.1, 0.15) is 18.1 Å². The van der Waals surface area contributed by atoms with Crippen LogP contribution in [0.3, 0.4) is 0 Å². The van der Waals surface area contributed by atoms with Gasteiger partial charge in [0, 0.05) is 35.9 Å². The predicted octanol–water partition coefficient (Wildman–Crippen LogP) is 5.47. The molecule has 142 valence electrons. The van der Waals surface area contributed by atoms with Gasteiger partial charge in [0.05, 0.1) is 5.69 Å². The highest BCUT2D eigenvalue weighted by Gasteiger charge is 2.17. The number of oxime groups is 1. The van der Waals surface area contributed by atoms with Crippen LogP contribution in [0.2, 0.25) is 0 Å². The molecule has 3 heterocycles. The van der Waals surface area contributed by atoms with Crippen molar-refractivity contribution < 1.29 is 4.84 Å². The Hall–Kier alpha value is -3.86. The maximum atomic E-state index is 5.17. The molecule has 0 fully saturated rings. The lowest BCUT2D eigenvalue weighted by atomic mass is 10.1. The quantitative estimate of drug-likeness (QED) is 0.461. The predicted molar refractivity (Wildman–Crippen MR) is 115 cm³/mol. The molecular formula is C24H20N4O. The molecule has 4 aromatic rings. The van der Waals surface area contributed by atoms with E-state index in [4.69, 9.17) is 9.82 Å². The molecule has 0 aliphatic carbocycles. The molecule has 0 radical (unpaired) electrons. The Labute approximate surface area is 169 Å². The third kappa shape index (κ3) is 3.50. The smallest absolute Gasteiger partial charge is 0.138 e. The summed E-state index contributed by atoms with van der Waals surface area (Å²) < 4.78 is 2.10. The first-order valence-electron chi connectivity index (χ1n) is 9.63. The van der Waals surface area contributed by atoms with Crippen molar-refractivity contribution >= 4 is 22.9 Å². The van der Waals surface area contributed by atoms with Crippen LogP contribution in [0.5, 0.6) is 0 Å². The minimum atomic E-state index is 0.614. The Morgan fingerprint density at radius 3 is 2.38 bits per heavy atom. The van der Waals surface area contributed by atoms with Crippen LogP contribution in [-0.2, 0) is 4.84 Å². The topological polar surface area (TPSA) is 42.7 Å². The van der Waals surface area contributed by atoms with Crippen molar-refractivity contribution in [3.8, 4) is 5.69 Å². The van der Waals surface area contributed by atoms with Crippen LogP contribution in [0, 0.1) is 0 Å². The maximum absolute atomic E-state index is 5.17. The van der Waals surface area contributed by atoms with E-state index in [0.29, 0.717) is 6.61 Å². The Bertz CT molecular complexity index is 1140. The van der Waals surface area contributed by atoms with Crippen molar-refractivity contribution in [1.82, 2.24) is 9.55 Å². The van der Waals surface area contributed by atoms with Gasteiger partial charge in [-0.3, -0.25) is 4.90 Å². The van der Waals surface area contributed by atoms with Crippen molar-refractivity contribution in [1.29, 1.82) is 0 Å². The van der Waals surface area contributed by atoms with Crippen molar-refractivity contribution in [2.45, 2.75) is 6.42 Å². The van der Waals surface area contributed by atoms with E-state index in [-0.39, 0.29) is 0 Å². The zero-order chi connectivity index (χ0) is 19.5. The normalized spacial score (nSPS) is 13.0. The molecule has 0 atom stereocenters. The minimum Gasteiger partial charge on any atom is -0.395 e. The molecule has 1 aliphatic rings. The molecule has 0 unspecified atom stereocenters. The van der Waals surface area contributed by atoms with Gasteiger partial charge in [0.15, 0.2) is 0 Å². The van der Waals surface area contributed by atoms with Crippen LogP contribution in [0.1, 0.15) is 12.1 Å². The van der Waals surface area contributed by atoms with Crippen LogP contribution < -0.4 is 4.90 Å². The standard InChI is InChI=1S/C24H20N4O/c1-2-8-19(9-3-1)28(21-11-6-10-20(18-21)27-15-4-5-16-27)24-13-7-12-22(25-24)23-14-17-29-26-23/h1-13,15-16,18H,14,17H2. The van der Waals surface area contributed by atoms with Gasteiger partial charge in [-0.15, -0.1) is 0 Å². The lowest BCUT2D eigenvalue weighted by Crippen LogP contribution is -2.13. The highest BCUT2D eigenvalue weighted by atomic mass is 16.6. The molecule has 0 N–H and O–H groups in total. The van der Waals surface area contributed by atoms with Crippen molar-refractivity contribution in [3.05, 3.63) is 103 Å². The number of anilines is 3. The number of benzene rings is 2. The van der Waals surface area contributed by atoms with E-state index >= 15 is 0 Å². The van der Waals surface area contributed by atoms with Crippen molar-refractivity contribution in [3.63, 3.8) is 0 Å². The molecular weight excluding hydrogens is 360 g/mol. The molecule has 0 bridgehead atoms. The van der Waals surface area contributed by atoms with E-state index in [2.05, 4.69) is 51.0 Å². The summed E-state index contributed by atoms with van der Waals surface area (Å²) in [7, 11) is 0. The fraction of sp³-hybridized carbons (Fsp3) is 0.0833. The zero-order valence-electron chi connectivity index (χ0n) is 15.8. The summed E-state index contributed by atoms with van der Waals surface area (Å²) in [5, 5.41) is 4.13. The fourth-order valence-electron chi connectivity index (χ4n) is 3.48. The average Bonchev–Trinajstić information content (AvgIpc) is 3.50. The number of para-hydroxylation sites is 1. The first kappa shape index (κ1) is 17.3. The van der Waals surface area contributed by atoms with Gasteiger partial charge in [-0.1, -0.05) is 35.5 Å². The van der Waals surface area contributed by atoms with Gasteiger partial charge < -0.3 is 9.40 Å².